The highest BCUT2D eigenvalue weighted by Gasteiger charge is 2.09. The fourth-order valence-electron chi connectivity index (χ4n) is 1.07. The third-order valence-corrected chi connectivity index (χ3v) is 3.01. The van der Waals surface area contributed by atoms with Crippen molar-refractivity contribution < 1.29 is 4.79 Å². The molecule has 0 aromatic carbocycles. The van der Waals surface area contributed by atoms with Gasteiger partial charge in [0.15, 0.2) is 0 Å². The molecule has 1 atom stereocenters. The molecule has 1 unspecified atom stereocenters. The van der Waals surface area contributed by atoms with Crippen LogP contribution in [0.15, 0.2) is 11.4 Å². The fraction of sp³-hybridized carbons (Fsp3) is 0.417. The second-order valence-corrected chi connectivity index (χ2v) is 4.40. The Morgan fingerprint density at radius 3 is 3.06 bits per heavy atom. The van der Waals surface area contributed by atoms with E-state index in [1.54, 1.807) is 6.07 Å². The predicted octanol–water partition coefficient (Wildman–Crippen LogP) is 1.59. The summed E-state index contributed by atoms with van der Waals surface area (Å²) in [7, 11) is 0. The Bertz CT molecular complexity index is 414. The van der Waals surface area contributed by atoms with Crippen LogP contribution in [-0.2, 0) is 0 Å². The number of nitrogens with two attached hydrogens (primary N) is 1. The van der Waals surface area contributed by atoms with E-state index in [-0.39, 0.29) is 11.9 Å². The van der Waals surface area contributed by atoms with Crippen molar-refractivity contribution >= 4 is 17.2 Å². The summed E-state index contributed by atoms with van der Waals surface area (Å²) < 4.78 is 0. The maximum absolute atomic E-state index is 11.7. The van der Waals surface area contributed by atoms with E-state index in [4.69, 9.17) is 5.73 Å². The Kier molecular flexibility index (Phi) is 5.03. The normalized spacial score (nSPS) is 11.4. The minimum Gasteiger partial charge on any atom is -0.350 e. The molecule has 1 rings (SSSR count). The smallest absolute Gasteiger partial charge is 0.252 e. The van der Waals surface area contributed by atoms with Crippen LogP contribution in [-0.4, -0.2) is 18.5 Å². The molecule has 1 aromatic heterocycles. The lowest BCUT2D eigenvalue weighted by atomic mass is 10.2. The summed E-state index contributed by atoms with van der Waals surface area (Å²) in [5, 5.41) is 4.73. The van der Waals surface area contributed by atoms with Gasteiger partial charge in [-0.25, -0.2) is 0 Å². The maximum atomic E-state index is 11.7. The standard InChI is InChI=1S/C12H16N2OS/c1-3-9(2)14-12(15)10-7-11(16-8-10)5-4-6-13/h7-9H,3,6,13H2,1-2H3,(H,14,15). The molecule has 0 spiro atoms. The molecule has 0 aliphatic heterocycles. The van der Waals surface area contributed by atoms with Gasteiger partial charge in [0.1, 0.15) is 0 Å². The Morgan fingerprint density at radius 1 is 1.69 bits per heavy atom. The van der Waals surface area contributed by atoms with E-state index in [1.165, 1.54) is 11.3 Å². The highest BCUT2D eigenvalue weighted by Crippen LogP contribution is 2.13. The lowest BCUT2D eigenvalue weighted by Gasteiger charge is -2.09. The summed E-state index contributed by atoms with van der Waals surface area (Å²) in [6.07, 6.45) is 0.926. The van der Waals surface area contributed by atoms with E-state index >= 15 is 0 Å². The number of carbonyl (C=O) groups is 1. The van der Waals surface area contributed by atoms with Gasteiger partial charge >= 0.3 is 0 Å². The average Bonchev–Trinajstić information content (AvgIpc) is 2.74. The predicted molar refractivity (Wildman–Crippen MR) is 67.5 cm³/mol. The van der Waals surface area contributed by atoms with Gasteiger partial charge in [-0.15, -0.1) is 11.3 Å². The Labute approximate surface area is 100 Å². The van der Waals surface area contributed by atoms with Gasteiger partial charge in [0.05, 0.1) is 17.0 Å². The van der Waals surface area contributed by atoms with Gasteiger partial charge in [0.2, 0.25) is 0 Å². The molecule has 0 bridgehead atoms. The van der Waals surface area contributed by atoms with Crippen molar-refractivity contribution in [2.24, 2.45) is 5.73 Å². The average molecular weight is 236 g/mol. The zero-order valence-corrected chi connectivity index (χ0v) is 10.4. The largest absolute Gasteiger partial charge is 0.350 e. The van der Waals surface area contributed by atoms with Crippen molar-refractivity contribution in [1.29, 1.82) is 0 Å². The molecule has 0 saturated heterocycles. The molecule has 1 aromatic rings. The van der Waals surface area contributed by atoms with Crippen LogP contribution in [0, 0.1) is 11.8 Å². The highest BCUT2D eigenvalue weighted by atomic mass is 32.1. The molecular weight excluding hydrogens is 220 g/mol. The number of hydrogen-bond donors (Lipinski definition) is 2. The second-order valence-electron chi connectivity index (χ2n) is 3.49. The van der Waals surface area contributed by atoms with E-state index in [0.29, 0.717) is 12.1 Å². The van der Waals surface area contributed by atoms with Crippen molar-refractivity contribution in [1.82, 2.24) is 5.32 Å². The van der Waals surface area contributed by atoms with Crippen LogP contribution >= 0.6 is 11.3 Å². The first-order chi connectivity index (χ1) is 7.67. The molecule has 0 fully saturated rings. The number of thiophene rings is 1. The zero-order chi connectivity index (χ0) is 12.0. The third-order valence-electron chi connectivity index (χ3n) is 2.17. The topological polar surface area (TPSA) is 55.1 Å². The Hall–Kier alpha value is -1.31. The SMILES string of the molecule is CCC(C)NC(=O)c1csc(C#CCN)c1. The zero-order valence-electron chi connectivity index (χ0n) is 9.54. The van der Waals surface area contributed by atoms with Gasteiger partial charge in [0.25, 0.3) is 5.91 Å². The van der Waals surface area contributed by atoms with Gasteiger partial charge in [-0.2, -0.15) is 0 Å². The van der Waals surface area contributed by atoms with Crippen LogP contribution < -0.4 is 11.1 Å². The molecule has 1 amide bonds. The van der Waals surface area contributed by atoms with Crippen LogP contribution in [0.4, 0.5) is 0 Å². The molecular formula is C12H16N2OS. The number of amides is 1. The van der Waals surface area contributed by atoms with Gasteiger partial charge < -0.3 is 11.1 Å². The summed E-state index contributed by atoms with van der Waals surface area (Å²) in [4.78, 5) is 12.6. The van der Waals surface area contributed by atoms with Crippen LogP contribution in [0.2, 0.25) is 0 Å². The first kappa shape index (κ1) is 12.8. The first-order valence-corrected chi connectivity index (χ1v) is 6.13. The lowest BCUT2D eigenvalue weighted by Crippen LogP contribution is -2.31. The summed E-state index contributed by atoms with van der Waals surface area (Å²) in [5.41, 5.74) is 5.95. The van der Waals surface area contributed by atoms with Gasteiger partial charge in [0, 0.05) is 11.4 Å². The van der Waals surface area contributed by atoms with E-state index in [2.05, 4.69) is 17.2 Å². The van der Waals surface area contributed by atoms with Crippen molar-refractivity contribution in [3.05, 3.63) is 21.9 Å². The second kappa shape index (κ2) is 6.31. The Morgan fingerprint density at radius 2 is 2.44 bits per heavy atom. The fourth-order valence-corrected chi connectivity index (χ4v) is 1.82. The van der Waals surface area contributed by atoms with Crippen molar-refractivity contribution in [3.63, 3.8) is 0 Å². The van der Waals surface area contributed by atoms with Crippen molar-refractivity contribution in [2.75, 3.05) is 6.54 Å². The molecule has 3 nitrogen and oxygen atoms in total. The molecule has 0 aliphatic carbocycles. The van der Waals surface area contributed by atoms with Crippen LogP contribution in [0.5, 0.6) is 0 Å². The number of carbonyl (C=O) groups excluding carboxylic acids is 1. The summed E-state index contributed by atoms with van der Waals surface area (Å²) in [6, 6.07) is 2.00. The van der Waals surface area contributed by atoms with E-state index in [9.17, 15) is 4.79 Å². The van der Waals surface area contributed by atoms with E-state index in [1.807, 2.05) is 19.2 Å². The number of hydrogen-bond acceptors (Lipinski definition) is 3. The molecule has 1 heterocycles. The third kappa shape index (κ3) is 3.69. The van der Waals surface area contributed by atoms with E-state index < -0.39 is 0 Å². The van der Waals surface area contributed by atoms with E-state index in [0.717, 1.165) is 11.3 Å². The summed E-state index contributed by atoms with van der Waals surface area (Å²) >= 11 is 1.46. The molecule has 86 valence electrons. The monoisotopic (exact) mass is 236 g/mol. The molecule has 0 aliphatic rings. The Balaban J connectivity index is 2.67. The number of rotatable bonds is 3. The van der Waals surface area contributed by atoms with Crippen LogP contribution in [0.3, 0.4) is 0 Å². The van der Waals surface area contributed by atoms with Gasteiger partial charge in [-0.05, 0) is 19.4 Å². The molecule has 0 radical (unpaired) electrons. The molecule has 4 heteroatoms. The summed E-state index contributed by atoms with van der Waals surface area (Å²) in [5.74, 6) is 5.64. The first-order valence-electron chi connectivity index (χ1n) is 5.25. The van der Waals surface area contributed by atoms with Gasteiger partial charge in [-0.1, -0.05) is 18.8 Å². The van der Waals surface area contributed by atoms with Crippen molar-refractivity contribution in [3.8, 4) is 11.8 Å². The highest BCUT2D eigenvalue weighted by molar-refractivity contribution is 7.10. The molecule has 16 heavy (non-hydrogen) atoms. The quantitative estimate of drug-likeness (QED) is 0.783. The minimum atomic E-state index is -0.0357. The van der Waals surface area contributed by atoms with Gasteiger partial charge in [-0.3, -0.25) is 4.79 Å². The molecule has 3 N–H and O–H groups in total. The maximum Gasteiger partial charge on any atom is 0.252 e. The van der Waals surface area contributed by atoms with Crippen molar-refractivity contribution in [2.45, 2.75) is 26.3 Å². The minimum absolute atomic E-state index is 0.0357. The van der Waals surface area contributed by atoms with Crippen LogP contribution in [0.25, 0.3) is 0 Å². The van der Waals surface area contributed by atoms with Crippen LogP contribution in [0.1, 0.15) is 35.5 Å². The summed E-state index contributed by atoms with van der Waals surface area (Å²) in [6.45, 7) is 4.36. The molecule has 0 saturated carbocycles. The lowest BCUT2D eigenvalue weighted by molar-refractivity contribution is 0.0939. The number of nitrogens with one attached hydrogen (secondary N) is 1.